The molecule has 108 valence electrons. The monoisotopic (exact) mass is 280 g/mol. The molecule has 0 aliphatic heterocycles. The first kappa shape index (κ1) is 15.0. The van der Waals surface area contributed by atoms with E-state index in [2.05, 4.69) is 47.8 Å². The third-order valence-electron chi connectivity index (χ3n) is 4.21. The SMILES string of the molecule is CCC(CC)NCC(C)N(Cc1ccsc1)C1CC1. The molecule has 1 unspecified atom stereocenters. The summed E-state index contributed by atoms with van der Waals surface area (Å²) >= 11 is 1.81. The highest BCUT2D eigenvalue weighted by Gasteiger charge is 2.32. The molecule has 0 radical (unpaired) electrons. The fourth-order valence-electron chi connectivity index (χ4n) is 2.68. The van der Waals surface area contributed by atoms with Crippen LogP contribution in [0.2, 0.25) is 0 Å². The third kappa shape index (κ3) is 4.59. The molecule has 1 aliphatic rings. The van der Waals surface area contributed by atoms with Gasteiger partial charge in [-0.3, -0.25) is 4.90 Å². The van der Waals surface area contributed by atoms with Crippen molar-refractivity contribution in [2.24, 2.45) is 0 Å². The van der Waals surface area contributed by atoms with Crippen LogP contribution in [-0.4, -0.2) is 29.6 Å². The van der Waals surface area contributed by atoms with Gasteiger partial charge >= 0.3 is 0 Å². The van der Waals surface area contributed by atoms with Crippen molar-refractivity contribution in [3.05, 3.63) is 22.4 Å². The molecule has 0 saturated heterocycles. The van der Waals surface area contributed by atoms with Crippen LogP contribution in [0.3, 0.4) is 0 Å². The highest BCUT2D eigenvalue weighted by Crippen LogP contribution is 2.30. The van der Waals surface area contributed by atoms with Gasteiger partial charge in [-0.15, -0.1) is 0 Å². The van der Waals surface area contributed by atoms with Crippen LogP contribution in [0.25, 0.3) is 0 Å². The van der Waals surface area contributed by atoms with E-state index in [0.717, 1.165) is 19.1 Å². The molecule has 2 rings (SSSR count). The summed E-state index contributed by atoms with van der Waals surface area (Å²) in [5.74, 6) is 0. The smallest absolute Gasteiger partial charge is 0.0248 e. The number of hydrogen-bond acceptors (Lipinski definition) is 3. The summed E-state index contributed by atoms with van der Waals surface area (Å²) in [4.78, 5) is 2.69. The van der Waals surface area contributed by atoms with Gasteiger partial charge in [0.2, 0.25) is 0 Å². The Hall–Kier alpha value is -0.380. The van der Waals surface area contributed by atoms with Gasteiger partial charge in [0.25, 0.3) is 0 Å². The number of thiophene rings is 1. The van der Waals surface area contributed by atoms with Gasteiger partial charge in [0.15, 0.2) is 0 Å². The normalized spacial score (nSPS) is 17.3. The molecule has 0 spiro atoms. The second kappa shape index (κ2) is 7.41. The quantitative estimate of drug-likeness (QED) is 0.738. The standard InChI is InChI=1S/C16H28N2S/c1-4-15(5-2)17-10-13(3)18(16-6-7-16)11-14-8-9-19-12-14/h8-9,12-13,15-17H,4-7,10-11H2,1-3H3. The second-order valence-electron chi connectivity index (χ2n) is 5.81. The van der Waals surface area contributed by atoms with Gasteiger partial charge in [0, 0.05) is 31.2 Å². The molecule has 3 heteroatoms. The van der Waals surface area contributed by atoms with Gasteiger partial charge in [0.05, 0.1) is 0 Å². The van der Waals surface area contributed by atoms with Crippen LogP contribution in [0, 0.1) is 0 Å². The van der Waals surface area contributed by atoms with Crippen LogP contribution >= 0.6 is 11.3 Å². The van der Waals surface area contributed by atoms with Crippen molar-refractivity contribution in [3.63, 3.8) is 0 Å². The zero-order valence-corrected chi connectivity index (χ0v) is 13.4. The van der Waals surface area contributed by atoms with Gasteiger partial charge in [-0.25, -0.2) is 0 Å². The number of nitrogens with zero attached hydrogens (tertiary/aromatic N) is 1. The Bertz CT molecular complexity index is 342. The van der Waals surface area contributed by atoms with Gasteiger partial charge in [-0.1, -0.05) is 13.8 Å². The molecule has 1 atom stereocenters. The van der Waals surface area contributed by atoms with E-state index in [9.17, 15) is 0 Å². The van der Waals surface area contributed by atoms with Crippen molar-refractivity contribution in [3.8, 4) is 0 Å². The molecule has 2 nitrogen and oxygen atoms in total. The van der Waals surface area contributed by atoms with Gasteiger partial charge in [-0.05, 0) is 55.0 Å². The summed E-state index contributed by atoms with van der Waals surface area (Å²) in [6.07, 6.45) is 5.24. The molecular weight excluding hydrogens is 252 g/mol. The molecule has 1 N–H and O–H groups in total. The second-order valence-corrected chi connectivity index (χ2v) is 6.59. The predicted octanol–water partition coefficient (Wildman–Crippen LogP) is 3.88. The van der Waals surface area contributed by atoms with E-state index in [1.165, 1.54) is 31.2 Å². The van der Waals surface area contributed by atoms with E-state index in [0.29, 0.717) is 12.1 Å². The first-order valence-corrected chi connectivity index (χ1v) is 8.69. The lowest BCUT2D eigenvalue weighted by Gasteiger charge is -2.30. The van der Waals surface area contributed by atoms with Crippen LogP contribution < -0.4 is 5.32 Å². The minimum absolute atomic E-state index is 0.632. The Labute approximate surface area is 122 Å². The summed E-state index contributed by atoms with van der Waals surface area (Å²) in [6.45, 7) is 9.17. The summed E-state index contributed by atoms with van der Waals surface area (Å²) < 4.78 is 0. The summed E-state index contributed by atoms with van der Waals surface area (Å²) in [5.41, 5.74) is 1.48. The molecule has 1 aromatic heterocycles. The molecule has 1 fully saturated rings. The van der Waals surface area contributed by atoms with Crippen molar-refractivity contribution in [2.75, 3.05) is 6.54 Å². The Kier molecular flexibility index (Phi) is 5.86. The van der Waals surface area contributed by atoms with Crippen molar-refractivity contribution in [1.29, 1.82) is 0 Å². The molecule has 1 saturated carbocycles. The molecule has 1 aromatic rings. The van der Waals surface area contributed by atoms with E-state index in [1.807, 2.05) is 11.3 Å². The fraction of sp³-hybridized carbons (Fsp3) is 0.750. The van der Waals surface area contributed by atoms with E-state index in [4.69, 9.17) is 0 Å². The van der Waals surface area contributed by atoms with E-state index in [-0.39, 0.29) is 0 Å². The van der Waals surface area contributed by atoms with Crippen molar-refractivity contribution < 1.29 is 0 Å². The maximum Gasteiger partial charge on any atom is 0.0248 e. The van der Waals surface area contributed by atoms with Crippen LogP contribution in [0.1, 0.15) is 52.0 Å². The lowest BCUT2D eigenvalue weighted by Crippen LogP contribution is -2.43. The zero-order chi connectivity index (χ0) is 13.7. The maximum absolute atomic E-state index is 3.72. The van der Waals surface area contributed by atoms with Crippen LogP contribution in [-0.2, 0) is 6.54 Å². The van der Waals surface area contributed by atoms with Gasteiger partial charge in [-0.2, -0.15) is 11.3 Å². The van der Waals surface area contributed by atoms with Gasteiger partial charge in [0.1, 0.15) is 0 Å². The Morgan fingerprint density at radius 3 is 2.63 bits per heavy atom. The Morgan fingerprint density at radius 1 is 1.37 bits per heavy atom. The van der Waals surface area contributed by atoms with Crippen molar-refractivity contribution in [1.82, 2.24) is 10.2 Å². The average Bonchev–Trinajstić information content (AvgIpc) is 3.13. The molecule has 19 heavy (non-hydrogen) atoms. The lowest BCUT2D eigenvalue weighted by atomic mass is 10.1. The number of hydrogen-bond donors (Lipinski definition) is 1. The van der Waals surface area contributed by atoms with Crippen LogP contribution in [0.4, 0.5) is 0 Å². The molecule has 0 amide bonds. The average molecular weight is 280 g/mol. The Morgan fingerprint density at radius 2 is 2.11 bits per heavy atom. The van der Waals surface area contributed by atoms with Crippen molar-refractivity contribution in [2.45, 2.75) is 71.1 Å². The maximum atomic E-state index is 3.72. The zero-order valence-electron chi connectivity index (χ0n) is 12.6. The summed E-state index contributed by atoms with van der Waals surface area (Å²) in [7, 11) is 0. The van der Waals surface area contributed by atoms with Crippen LogP contribution in [0.15, 0.2) is 16.8 Å². The lowest BCUT2D eigenvalue weighted by molar-refractivity contribution is 0.181. The minimum atomic E-state index is 0.632. The van der Waals surface area contributed by atoms with Crippen molar-refractivity contribution >= 4 is 11.3 Å². The third-order valence-corrected chi connectivity index (χ3v) is 4.95. The predicted molar refractivity (Wildman–Crippen MR) is 84.7 cm³/mol. The molecular formula is C16H28N2S. The number of nitrogens with one attached hydrogen (secondary N) is 1. The topological polar surface area (TPSA) is 15.3 Å². The van der Waals surface area contributed by atoms with Crippen LogP contribution in [0.5, 0.6) is 0 Å². The molecule has 0 aromatic carbocycles. The Balaban J connectivity index is 1.84. The summed E-state index contributed by atoms with van der Waals surface area (Å²) in [6, 6.07) is 4.41. The largest absolute Gasteiger partial charge is 0.312 e. The molecule has 0 bridgehead atoms. The summed E-state index contributed by atoms with van der Waals surface area (Å²) in [5, 5.41) is 8.20. The van der Waals surface area contributed by atoms with E-state index >= 15 is 0 Å². The minimum Gasteiger partial charge on any atom is -0.312 e. The first-order valence-electron chi connectivity index (χ1n) is 7.74. The molecule has 1 aliphatic carbocycles. The number of rotatable bonds is 9. The molecule has 1 heterocycles. The van der Waals surface area contributed by atoms with E-state index in [1.54, 1.807) is 0 Å². The first-order chi connectivity index (χ1) is 9.24. The van der Waals surface area contributed by atoms with E-state index < -0.39 is 0 Å². The highest BCUT2D eigenvalue weighted by atomic mass is 32.1. The van der Waals surface area contributed by atoms with Gasteiger partial charge < -0.3 is 5.32 Å². The fourth-order valence-corrected chi connectivity index (χ4v) is 3.34. The highest BCUT2D eigenvalue weighted by molar-refractivity contribution is 7.07.